The highest BCUT2D eigenvalue weighted by Gasteiger charge is 2.22. The van der Waals surface area contributed by atoms with Crippen molar-refractivity contribution in [1.82, 2.24) is 14.9 Å². The first kappa shape index (κ1) is 14.3. The first-order chi connectivity index (χ1) is 9.27. The number of hydrogen-bond acceptors (Lipinski definition) is 5. The van der Waals surface area contributed by atoms with Gasteiger partial charge in [-0.2, -0.15) is 0 Å². The Hall–Kier alpha value is -2.09. The van der Waals surface area contributed by atoms with Gasteiger partial charge in [-0.05, 0) is 19.1 Å². The van der Waals surface area contributed by atoms with Crippen LogP contribution in [0.25, 0.3) is 11.0 Å². The summed E-state index contributed by atoms with van der Waals surface area (Å²) < 4.78 is 25.0. The van der Waals surface area contributed by atoms with Crippen molar-refractivity contribution in [2.45, 2.75) is 17.9 Å². The fourth-order valence-corrected chi connectivity index (χ4v) is 2.97. The number of carbonyl (C=O) groups excluding carboxylic acids is 1. The van der Waals surface area contributed by atoms with Crippen molar-refractivity contribution < 1.29 is 13.2 Å². The maximum atomic E-state index is 11.8. The van der Waals surface area contributed by atoms with Crippen LogP contribution in [-0.2, 0) is 14.6 Å². The van der Waals surface area contributed by atoms with Crippen molar-refractivity contribution >= 4 is 32.7 Å². The predicted octanol–water partition coefficient (Wildman–Crippen LogP) is 0.329. The molecule has 2 rings (SSSR count). The Morgan fingerprint density at radius 1 is 1.45 bits per heavy atom. The summed E-state index contributed by atoms with van der Waals surface area (Å²) in [6.07, 6.45) is 1.11. The molecule has 0 bridgehead atoms. The second-order valence-corrected chi connectivity index (χ2v) is 6.51. The van der Waals surface area contributed by atoms with Crippen LogP contribution in [0.5, 0.6) is 0 Å². The van der Waals surface area contributed by atoms with Gasteiger partial charge in [-0.1, -0.05) is 6.07 Å². The molecule has 1 unspecified atom stereocenters. The van der Waals surface area contributed by atoms with Crippen LogP contribution in [0.1, 0.15) is 13.0 Å². The van der Waals surface area contributed by atoms with Gasteiger partial charge in [0, 0.05) is 13.3 Å². The van der Waals surface area contributed by atoms with Crippen LogP contribution in [0.15, 0.2) is 23.1 Å². The van der Waals surface area contributed by atoms with Gasteiger partial charge in [-0.15, -0.1) is 0 Å². The van der Waals surface area contributed by atoms with Gasteiger partial charge in [0.1, 0.15) is 11.6 Å². The number of para-hydroxylation sites is 1. The zero-order valence-electron chi connectivity index (χ0n) is 11.4. The monoisotopic (exact) mass is 296 g/mol. The minimum Gasteiger partial charge on any atom is -0.369 e. The lowest BCUT2D eigenvalue weighted by atomic mass is 10.2. The number of nitrogens with two attached hydrogens (primary N) is 1. The van der Waals surface area contributed by atoms with Crippen LogP contribution in [0, 0.1) is 0 Å². The molecular formula is C12H16N4O3S. The van der Waals surface area contributed by atoms with E-state index >= 15 is 0 Å². The Labute approximate surface area is 116 Å². The smallest absolute Gasteiger partial charge is 0.242 e. The minimum atomic E-state index is -3.42. The second kappa shape index (κ2) is 4.78. The molecule has 0 spiro atoms. The Bertz CT molecular complexity index is 779. The van der Waals surface area contributed by atoms with E-state index in [2.05, 4.69) is 10.3 Å². The lowest BCUT2D eigenvalue weighted by Gasteiger charge is -2.14. The average molecular weight is 296 g/mol. The molecule has 0 radical (unpaired) electrons. The van der Waals surface area contributed by atoms with Gasteiger partial charge in [0.15, 0.2) is 9.84 Å². The number of benzene rings is 1. The zero-order valence-corrected chi connectivity index (χ0v) is 12.2. The number of anilines is 1. The van der Waals surface area contributed by atoms with Gasteiger partial charge >= 0.3 is 0 Å². The van der Waals surface area contributed by atoms with Crippen LogP contribution in [-0.4, -0.2) is 37.2 Å². The first-order valence-corrected chi connectivity index (χ1v) is 7.84. The van der Waals surface area contributed by atoms with Crippen LogP contribution < -0.4 is 11.1 Å². The highest BCUT2D eigenvalue weighted by molar-refractivity contribution is 7.91. The Balaban J connectivity index is 2.77. The van der Waals surface area contributed by atoms with E-state index in [1.807, 2.05) is 0 Å². The third-order valence-corrected chi connectivity index (χ3v) is 4.25. The van der Waals surface area contributed by atoms with Crippen molar-refractivity contribution in [2.24, 2.45) is 0 Å². The SMILES string of the molecule is CNC(=O)C(C)n1c(N)nc2c(S(C)(=O)=O)cccc21. The number of nitrogens with one attached hydrogen (secondary N) is 1. The first-order valence-electron chi connectivity index (χ1n) is 5.95. The predicted molar refractivity (Wildman–Crippen MR) is 76.0 cm³/mol. The third-order valence-electron chi connectivity index (χ3n) is 3.12. The maximum absolute atomic E-state index is 11.8. The molecule has 1 aromatic carbocycles. The van der Waals surface area contributed by atoms with Crippen LogP contribution in [0.4, 0.5) is 5.95 Å². The molecular weight excluding hydrogens is 280 g/mol. The molecule has 1 atom stereocenters. The van der Waals surface area contributed by atoms with E-state index in [1.54, 1.807) is 19.1 Å². The van der Waals surface area contributed by atoms with Crippen LogP contribution in [0.3, 0.4) is 0 Å². The number of hydrogen-bond donors (Lipinski definition) is 2. The van der Waals surface area contributed by atoms with Gasteiger partial charge in [0.25, 0.3) is 0 Å². The molecule has 1 aromatic heterocycles. The number of nitrogens with zero attached hydrogens (tertiary/aromatic N) is 2. The fraction of sp³-hybridized carbons (Fsp3) is 0.333. The highest BCUT2D eigenvalue weighted by atomic mass is 32.2. The number of sulfone groups is 1. The number of nitrogen functional groups attached to an aromatic ring is 1. The Kier molecular flexibility index (Phi) is 3.43. The molecule has 0 saturated heterocycles. The number of amides is 1. The molecule has 108 valence electrons. The van der Waals surface area contributed by atoms with Gasteiger partial charge in [0.2, 0.25) is 11.9 Å². The molecule has 3 N–H and O–H groups in total. The molecule has 1 amide bonds. The number of likely N-dealkylation sites (N-methyl/N-ethyl adjacent to an activating group) is 1. The summed E-state index contributed by atoms with van der Waals surface area (Å²) in [6, 6.07) is 4.18. The number of rotatable bonds is 3. The van der Waals surface area contributed by atoms with Gasteiger partial charge in [0.05, 0.1) is 10.4 Å². The van der Waals surface area contributed by atoms with Gasteiger partial charge in [-0.3, -0.25) is 9.36 Å². The summed E-state index contributed by atoms with van der Waals surface area (Å²) >= 11 is 0. The fourth-order valence-electron chi connectivity index (χ4n) is 2.14. The van der Waals surface area contributed by atoms with E-state index in [0.717, 1.165) is 6.26 Å². The molecule has 20 heavy (non-hydrogen) atoms. The molecule has 2 aromatic rings. The summed E-state index contributed by atoms with van der Waals surface area (Å²) in [4.78, 5) is 16.0. The lowest BCUT2D eigenvalue weighted by molar-refractivity contribution is -0.123. The number of carbonyl (C=O) groups is 1. The zero-order chi connectivity index (χ0) is 15.1. The topological polar surface area (TPSA) is 107 Å². The molecule has 0 saturated carbocycles. The molecule has 7 nitrogen and oxygen atoms in total. The number of aromatic nitrogens is 2. The molecule has 0 fully saturated rings. The van der Waals surface area contributed by atoms with Crippen LogP contribution in [0.2, 0.25) is 0 Å². The maximum Gasteiger partial charge on any atom is 0.242 e. The quantitative estimate of drug-likeness (QED) is 0.848. The summed E-state index contributed by atoms with van der Waals surface area (Å²) in [5.41, 5.74) is 6.63. The van der Waals surface area contributed by atoms with E-state index in [0.29, 0.717) is 5.52 Å². The molecule has 0 aliphatic carbocycles. The van der Waals surface area contributed by atoms with E-state index in [1.165, 1.54) is 17.7 Å². The van der Waals surface area contributed by atoms with E-state index < -0.39 is 15.9 Å². The Morgan fingerprint density at radius 2 is 2.10 bits per heavy atom. The average Bonchev–Trinajstić information content (AvgIpc) is 2.71. The van der Waals surface area contributed by atoms with E-state index in [9.17, 15) is 13.2 Å². The third kappa shape index (κ3) is 2.22. The normalized spacial score (nSPS) is 13.3. The second-order valence-electron chi connectivity index (χ2n) is 4.53. The van der Waals surface area contributed by atoms with E-state index in [-0.39, 0.29) is 22.3 Å². The summed E-state index contributed by atoms with van der Waals surface area (Å²) in [5.74, 6) is -0.132. The summed E-state index contributed by atoms with van der Waals surface area (Å²) in [7, 11) is -1.89. The summed E-state index contributed by atoms with van der Waals surface area (Å²) in [6.45, 7) is 1.67. The summed E-state index contributed by atoms with van der Waals surface area (Å²) in [5, 5.41) is 2.53. The standard InChI is InChI=1S/C12H16N4O3S/c1-7(11(17)14-2)16-8-5-4-6-9(20(3,18)19)10(8)15-12(16)13/h4-7H,1-3H3,(H2,13,15)(H,14,17). The molecule has 0 aliphatic heterocycles. The highest BCUT2D eigenvalue weighted by Crippen LogP contribution is 2.27. The Morgan fingerprint density at radius 3 is 2.65 bits per heavy atom. The van der Waals surface area contributed by atoms with E-state index in [4.69, 9.17) is 5.73 Å². The van der Waals surface area contributed by atoms with Crippen molar-refractivity contribution in [3.8, 4) is 0 Å². The minimum absolute atomic E-state index is 0.101. The van der Waals surface area contributed by atoms with Gasteiger partial charge < -0.3 is 11.1 Å². The number of imidazole rings is 1. The van der Waals surface area contributed by atoms with Crippen molar-refractivity contribution in [3.63, 3.8) is 0 Å². The molecule has 0 aliphatic rings. The molecule has 1 heterocycles. The number of fused-ring (bicyclic) bond motifs is 1. The largest absolute Gasteiger partial charge is 0.369 e. The van der Waals surface area contributed by atoms with Crippen molar-refractivity contribution in [2.75, 3.05) is 19.0 Å². The lowest BCUT2D eigenvalue weighted by Crippen LogP contribution is -2.28. The van der Waals surface area contributed by atoms with Crippen molar-refractivity contribution in [3.05, 3.63) is 18.2 Å². The van der Waals surface area contributed by atoms with Gasteiger partial charge in [-0.25, -0.2) is 13.4 Å². The molecule has 8 heteroatoms. The van der Waals surface area contributed by atoms with Crippen molar-refractivity contribution in [1.29, 1.82) is 0 Å². The van der Waals surface area contributed by atoms with Crippen LogP contribution >= 0.6 is 0 Å².